The molecule has 0 saturated heterocycles. The molecule has 1 aromatic rings. The highest BCUT2D eigenvalue weighted by Gasteiger charge is 2.50. The number of rotatable bonds is 4. The number of Topliss-reactive ketones (excluding diaryl/α,β-unsaturated/α-hetero) is 1. The molecule has 1 aromatic carbocycles. The summed E-state index contributed by atoms with van der Waals surface area (Å²) in [6.07, 6.45) is 5.60. The normalized spacial score (nSPS) is 25.0. The zero-order valence-corrected chi connectivity index (χ0v) is 14.2. The molecule has 24 heavy (non-hydrogen) atoms. The highest BCUT2D eigenvalue weighted by Crippen LogP contribution is 2.43. The Labute approximate surface area is 141 Å². The van der Waals surface area contributed by atoms with Gasteiger partial charge in [0, 0.05) is 5.56 Å². The molecule has 1 fully saturated rings. The first-order valence-corrected chi connectivity index (χ1v) is 8.59. The minimum atomic E-state index is -0.594. The van der Waals surface area contributed by atoms with Gasteiger partial charge in [0.1, 0.15) is 12.4 Å². The van der Waals surface area contributed by atoms with E-state index < -0.39 is 5.41 Å². The Balaban J connectivity index is 1.75. The van der Waals surface area contributed by atoms with Crippen LogP contribution >= 0.6 is 0 Å². The number of ketones is 1. The number of hydrogen-bond donors (Lipinski definition) is 0. The second-order valence-electron chi connectivity index (χ2n) is 7.02. The summed E-state index contributed by atoms with van der Waals surface area (Å²) in [5.74, 6) is -0.397. The van der Waals surface area contributed by atoms with Gasteiger partial charge >= 0.3 is 0 Å². The van der Waals surface area contributed by atoms with E-state index in [1.807, 2.05) is 13.8 Å². The molecule has 1 aliphatic heterocycles. The zero-order chi connectivity index (χ0) is 17.3. The molecule has 1 saturated carbocycles. The summed E-state index contributed by atoms with van der Waals surface area (Å²) in [5.41, 5.74) is 0.596. The fourth-order valence-electron chi connectivity index (χ4n) is 3.87. The molecule has 5 heteroatoms. The summed E-state index contributed by atoms with van der Waals surface area (Å²) in [6.45, 7) is 3.76. The number of amides is 1. The third-order valence-corrected chi connectivity index (χ3v) is 5.58. The van der Waals surface area contributed by atoms with E-state index in [0.717, 1.165) is 31.4 Å². The molecule has 0 aromatic heterocycles. The molecular formula is C19H23FN2O2. The first-order chi connectivity index (χ1) is 11.4. The number of carbonyl (C=O) groups is 2. The van der Waals surface area contributed by atoms with E-state index in [0.29, 0.717) is 11.5 Å². The number of carbonyl (C=O) groups excluding carboxylic acids is 2. The second-order valence-corrected chi connectivity index (χ2v) is 7.02. The average Bonchev–Trinajstić information content (AvgIpc) is 2.81. The van der Waals surface area contributed by atoms with Crippen LogP contribution in [0.15, 0.2) is 29.4 Å². The maximum absolute atomic E-state index is 13.0. The van der Waals surface area contributed by atoms with Gasteiger partial charge in [-0.15, -0.1) is 0 Å². The fourth-order valence-corrected chi connectivity index (χ4v) is 3.87. The predicted octanol–water partition coefficient (Wildman–Crippen LogP) is 3.81. The van der Waals surface area contributed by atoms with Crippen LogP contribution < -0.4 is 0 Å². The SMILES string of the molecule is CC1=NN(CC(=O)c2ccc(F)cc2)C(=O)C1(C)C1CCCCC1. The van der Waals surface area contributed by atoms with Gasteiger partial charge in [-0.2, -0.15) is 5.10 Å². The van der Waals surface area contributed by atoms with Gasteiger partial charge in [-0.05, 0) is 56.9 Å². The second kappa shape index (κ2) is 6.46. The fraction of sp³-hybridized carbons (Fsp3) is 0.526. The van der Waals surface area contributed by atoms with Crippen LogP contribution in [0.3, 0.4) is 0 Å². The van der Waals surface area contributed by atoms with Crippen LogP contribution in [0.5, 0.6) is 0 Å². The Morgan fingerprint density at radius 3 is 2.50 bits per heavy atom. The molecule has 0 radical (unpaired) electrons. The van der Waals surface area contributed by atoms with Gasteiger partial charge in [-0.1, -0.05) is 19.3 Å². The Bertz CT molecular complexity index is 677. The quantitative estimate of drug-likeness (QED) is 0.788. The van der Waals surface area contributed by atoms with Crippen LogP contribution in [0.2, 0.25) is 0 Å². The lowest BCUT2D eigenvalue weighted by atomic mass is 9.67. The van der Waals surface area contributed by atoms with Crippen LogP contribution in [0.1, 0.15) is 56.3 Å². The van der Waals surface area contributed by atoms with Crippen molar-refractivity contribution in [2.45, 2.75) is 46.0 Å². The van der Waals surface area contributed by atoms with Crippen molar-refractivity contribution >= 4 is 17.4 Å². The van der Waals surface area contributed by atoms with E-state index in [2.05, 4.69) is 5.10 Å². The van der Waals surface area contributed by atoms with Crippen LogP contribution in [0, 0.1) is 17.2 Å². The van der Waals surface area contributed by atoms with E-state index >= 15 is 0 Å². The number of halogens is 1. The van der Waals surface area contributed by atoms with E-state index in [9.17, 15) is 14.0 Å². The van der Waals surface area contributed by atoms with Crippen molar-refractivity contribution in [2.24, 2.45) is 16.4 Å². The van der Waals surface area contributed by atoms with Crippen LogP contribution in [0.25, 0.3) is 0 Å². The lowest BCUT2D eigenvalue weighted by Gasteiger charge is -2.35. The lowest BCUT2D eigenvalue weighted by molar-refractivity contribution is -0.137. The minimum absolute atomic E-state index is 0.0811. The van der Waals surface area contributed by atoms with Crippen LogP contribution in [-0.2, 0) is 4.79 Å². The molecule has 0 bridgehead atoms. The van der Waals surface area contributed by atoms with Crippen LogP contribution in [0.4, 0.5) is 4.39 Å². The van der Waals surface area contributed by atoms with Crippen molar-refractivity contribution in [3.05, 3.63) is 35.6 Å². The molecule has 1 atom stereocenters. The van der Waals surface area contributed by atoms with E-state index in [1.165, 1.54) is 35.7 Å². The molecule has 128 valence electrons. The van der Waals surface area contributed by atoms with Gasteiger partial charge in [-0.3, -0.25) is 9.59 Å². The molecular weight excluding hydrogens is 307 g/mol. The molecule has 1 amide bonds. The summed E-state index contributed by atoms with van der Waals surface area (Å²) in [6, 6.07) is 5.38. The molecule has 3 rings (SSSR count). The van der Waals surface area contributed by atoms with Crippen molar-refractivity contribution < 1.29 is 14.0 Å². The third-order valence-electron chi connectivity index (χ3n) is 5.58. The molecule has 1 aliphatic carbocycles. The Hall–Kier alpha value is -2.04. The summed E-state index contributed by atoms with van der Waals surface area (Å²) >= 11 is 0. The number of nitrogens with zero attached hydrogens (tertiary/aromatic N) is 2. The topological polar surface area (TPSA) is 49.7 Å². The van der Waals surface area contributed by atoms with E-state index in [-0.39, 0.29) is 24.1 Å². The molecule has 0 spiro atoms. The molecule has 1 unspecified atom stereocenters. The summed E-state index contributed by atoms with van der Waals surface area (Å²) in [7, 11) is 0. The molecule has 4 nitrogen and oxygen atoms in total. The van der Waals surface area contributed by atoms with Gasteiger partial charge in [0.05, 0.1) is 11.1 Å². The number of hydrazone groups is 1. The van der Waals surface area contributed by atoms with Crippen molar-refractivity contribution in [1.29, 1.82) is 0 Å². The van der Waals surface area contributed by atoms with Gasteiger partial charge in [0.15, 0.2) is 5.78 Å². The first-order valence-electron chi connectivity index (χ1n) is 8.59. The van der Waals surface area contributed by atoms with Gasteiger partial charge in [0.2, 0.25) is 0 Å². The third kappa shape index (κ3) is 2.87. The maximum Gasteiger partial charge on any atom is 0.255 e. The lowest BCUT2D eigenvalue weighted by Crippen LogP contribution is -2.44. The maximum atomic E-state index is 13.0. The Morgan fingerprint density at radius 2 is 1.88 bits per heavy atom. The van der Waals surface area contributed by atoms with Crippen molar-refractivity contribution in [3.8, 4) is 0 Å². The van der Waals surface area contributed by atoms with E-state index in [1.54, 1.807) is 0 Å². The minimum Gasteiger partial charge on any atom is -0.292 e. The number of benzene rings is 1. The van der Waals surface area contributed by atoms with Crippen LogP contribution in [-0.4, -0.2) is 29.0 Å². The van der Waals surface area contributed by atoms with Crippen molar-refractivity contribution in [2.75, 3.05) is 6.54 Å². The Morgan fingerprint density at radius 1 is 1.25 bits per heavy atom. The highest BCUT2D eigenvalue weighted by molar-refractivity contribution is 6.12. The first kappa shape index (κ1) is 16.8. The average molecular weight is 330 g/mol. The monoisotopic (exact) mass is 330 g/mol. The zero-order valence-electron chi connectivity index (χ0n) is 14.2. The number of hydrogen-bond acceptors (Lipinski definition) is 3. The standard InChI is InChI=1S/C19H23FN2O2/c1-13-19(2,15-6-4-3-5-7-15)18(24)22(21-13)12-17(23)14-8-10-16(20)11-9-14/h8-11,15H,3-7,12H2,1-2H3. The summed E-state index contributed by atoms with van der Waals surface area (Å²) in [4.78, 5) is 25.3. The van der Waals surface area contributed by atoms with Gasteiger partial charge in [-0.25, -0.2) is 9.40 Å². The predicted molar refractivity (Wildman–Crippen MR) is 90.2 cm³/mol. The van der Waals surface area contributed by atoms with Crippen molar-refractivity contribution in [1.82, 2.24) is 5.01 Å². The highest BCUT2D eigenvalue weighted by atomic mass is 19.1. The summed E-state index contributed by atoms with van der Waals surface area (Å²) in [5, 5.41) is 5.69. The summed E-state index contributed by atoms with van der Waals surface area (Å²) < 4.78 is 13.0. The van der Waals surface area contributed by atoms with Crippen molar-refractivity contribution in [3.63, 3.8) is 0 Å². The van der Waals surface area contributed by atoms with Gasteiger partial charge in [0.25, 0.3) is 5.91 Å². The van der Waals surface area contributed by atoms with Gasteiger partial charge < -0.3 is 0 Å². The molecule has 0 N–H and O–H groups in total. The Kier molecular flexibility index (Phi) is 4.52. The van der Waals surface area contributed by atoms with E-state index in [4.69, 9.17) is 0 Å². The smallest absolute Gasteiger partial charge is 0.255 e. The largest absolute Gasteiger partial charge is 0.292 e. The molecule has 1 heterocycles. The molecule has 2 aliphatic rings.